The normalized spacial score (nSPS) is 10.8. The van der Waals surface area contributed by atoms with E-state index in [2.05, 4.69) is 15.6 Å². The van der Waals surface area contributed by atoms with Gasteiger partial charge in [-0.05, 0) is 62.6 Å². The number of aromatic nitrogens is 3. The molecule has 0 saturated carbocycles. The summed E-state index contributed by atoms with van der Waals surface area (Å²) in [5, 5.41) is 11.7. The van der Waals surface area contributed by atoms with Crippen LogP contribution in [0.3, 0.4) is 0 Å². The van der Waals surface area contributed by atoms with Crippen molar-refractivity contribution >= 4 is 23.2 Å². The topological polar surface area (TPSA) is 59.8 Å². The Morgan fingerprint density at radius 2 is 1.88 bits per heavy atom. The Morgan fingerprint density at radius 3 is 2.64 bits per heavy atom. The van der Waals surface area contributed by atoms with Crippen molar-refractivity contribution in [1.29, 1.82) is 0 Å². The fraction of sp³-hybridized carbons (Fsp3) is 0.211. The van der Waals surface area contributed by atoms with E-state index in [9.17, 15) is 4.79 Å². The van der Waals surface area contributed by atoms with Gasteiger partial charge in [0.25, 0.3) is 5.91 Å². The minimum Gasteiger partial charge on any atom is -0.320 e. The van der Waals surface area contributed by atoms with E-state index in [4.69, 9.17) is 11.6 Å². The highest BCUT2D eigenvalue weighted by Crippen LogP contribution is 2.24. The first-order valence-electron chi connectivity index (χ1n) is 7.95. The monoisotopic (exact) mass is 354 g/mol. The van der Waals surface area contributed by atoms with E-state index in [0.717, 1.165) is 22.4 Å². The molecule has 0 unspecified atom stereocenters. The molecule has 0 fully saturated rings. The molecule has 128 valence electrons. The van der Waals surface area contributed by atoms with E-state index in [-0.39, 0.29) is 5.91 Å². The third kappa shape index (κ3) is 3.28. The third-order valence-electron chi connectivity index (χ3n) is 4.22. The zero-order chi connectivity index (χ0) is 18.1. The number of hydrogen-bond acceptors (Lipinski definition) is 3. The lowest BCUT2D eigenvalue weighted by atomic mass is 10.1. The molecule has 6 heteroatoms. The van der Waals surface area contributed by atoms with Crippen molar-refractivity contribution in [3.8, 4) is 5.69 Å². The molecule has 0 aliphatic rings. The molecule has 0 aliphatic heterocycles. The van der Waals surface area contributed by atoms with Crippen LogP contribution in [0.5, 0.6) is 0 Å². The molecule has 0 bridgehead atoms. The maximum Gasteiger partial charge on any atom is 0.278 e. The van der Waals surface area contributed by atoms with Crippen molar-refractivity contribution in [1.82, 2.24) is 15.0 Å². The third-order valence-corrected chi connectivity index (χ3v) is 4.63. The smallest absolute Gasteiger partial charge is 0.278 e. The van der Waals surface area contributed by atoms with Crippen LogP contribution in [0.15, 0.2) is 36.4 Å². The molecule has 1 amide bonds. The molecule has 25 heavy (non-hydrogen) atoms. The molecule has 0 saturated heterocycles. The summed E-state index contributed by atoms with van der Waals surface area (Å²) in [7, 11) is 0. The second-order valence-corrected chi connectivity index (χ2v) is 6.50. The molecule has 0 aliphatic carbocycles. The number of aryl methyl sites for hydroxylation is 2. The Balaban J connectivity index is 1.94. The number of rotatable bonds is 3. The Morgan fingerprint density at radius 1 is 1.12 bits per heavy atom. The Bertz CT molecular complexity index is 962. The molecule has 0 radical (unpaired) electrons. The highest BCUT2D eigenvalue weighted by atomic mass is 35.5. The van der Waals surface area contributed by atoms with E-state index >= 15 is 0 Å². The van der Waals surface area contributed by atoms with Crippen LogP contribution in [0.25, 0.3) is 5.69 Å². The van der Waals surface area contributed by atoms with Crippen LogP contribution in [0.2, 0.25) is 5.02 Å². The van der Waals surface area contributed by atoms with Gasteiger partial charge in [0, 0.05) is 10.7 Å². The maximum atomic E-state index is 12.6. The Hall–Kier alpha value is -2.66. The Labute approximate surface area is 151 Å². The van der Waals surface area contributed by atoms with E-state index in [1.165, 1.54) is 0 Å². The predicted octanol–water partition coefficient (Wildman–Crippen LogP) is 4.41. The molecule has 1 N–H and O–H groups in total. The lowest BCUT2D eigenvalue weighted by Crippen LogP contribution is -2.15. The van der Waals surface area contributed by atoms with Crippen LogP contribution in [0.4, 0.5) is 5.69 Å². The standard InChI is InChI=1S/C19H19ClN4O/c1-11-8-9-12(2)17(10-11)24-14(4)18(22-23-24)19(25)21-16-7-5-6-15(20)13(16)3/h5-10H,1-4H3,(H,21,25). The fourth-order valence-electron chi connectivity index (χ4n) is 2.64. The van der Waals surface area contributed by atoms with Crippen molar-refractivity contribution in [2.24, 2.45) is 0 Å². The van der Waals surface area contributed by atoms with Gasteiger partial charge in [-0.2, -0.15) is 0 Å². The molecular weight excluding hydrogens is 336 g/mol. The predicted molar refractivity (Wildman–Crippen MR) is 99.7 cm³/mol. The number of benzene rings is 2. The van der Waals surface area contributed by atoms with Crippen molar-refractivity contribution in [2.45, 2.75) is 27.7 Å². The summed E-state index contributed by atoms with van der Waals surface area (Å²) in [6.45, 7) is 7.72. The molecular formula is C19H19ClN4O. The number of hydrogen-bond donors (Lipinski definition) is 1. The van der Waals surface area contributed by atoms with Crippen LogP contribution >= 0.6 is 11.6 Å². The van der Waals surface area contributed by atoms with E-state index < -0.39 is 0 Å². The van der Waals surface area contributed by atoms with Crippen LogP contribution < -0.4 is 5.32 Å². The molecule has 2 aromatic carbocycles. The average Bonchev–Trinajstić information content (AvgIpc) is 2.95. The molecule has 1 heterocycles. The van der Waals surface area contributed by atoms with Crippen molar-refractivity contribution in [3.63, 3.8) is 0 Å². The first kappa shape index (κ1) is 17.2. The van der Waals surface area contributed by atoms with E-state index in [1.807, 2.05) is 52.0 Å². The van der Waals surface area contributed by atoms with Gasteiger partial charge in [-0.3, -0.25) is 4.79 Å². The number of carbonyl (C=O) groups is 1. The van der Waals surface area contributed by atoms with Crippen molar-refractivity contribution in [2.75, 3.05) is 5.32 Å². The van der Waals surface area contributed by atoms with Crippen LogP contribution in [0.1, 0.15) is 32.9 Å². The van der Waals surface area contributed by atoms with Gasteiger partial charge < -0.3 is 5.32 Å². The fourth-order valence-corrected chi connectivity index (χ4v) is 2.81. The summed E-state index contributed by atoms with van der Waals surface area (Å²) in [6, 6.07) is 11.5. The van der Waals surface area contributed by atoms with Gasteiger partial charge in [-0.15, -0.1) is 5.10 Å². The second-order valence-electron chi connectivity index (χ2n) is 6.09. The Kier molecular flexibility index (Phi) is 4.59. The number of nitrogens with zero attached hydrogens (tertiary/aromatic N) is 3. The van der Waals surface area contributed by atoms with Gasteiger partial charge in [-0.1, -0.05) is 35.0 Å². The quantitative estimate of drug-likeness (QED) is 0.758. The summed E-state index contributed by atoms with van der Waals surface area (Å²) in [4.78, 5) is 12.6. The number of amides is 1. The lowest BCUT2D eigenvalue weighted by Gasteiger charge is -2.10. The molecule has 3 aromatic rings. The molecule has 0 spiro atoms. The first-order chi connectivity index (χ1) is 11.9. The zero-order valence-corrected chi connectivity index (χ0v) is 15.3. The number of carbonyl (C=O) groups excluding carboxylic acids is 1. The highest BCUT2D eigenvalue weighted by Gasteiger charge is 2.19. The lowest BCUT2D eigenvalue weighted by molar-refractivity contribution is 0.102. The summed E-state index contributed by atoms with van der Waals surface area (Å²) < 4.78 is 1.70. The average molecular weight is 355 g/mol. The van der Waals surface area contributed by atoms with Crippen LogP contribution in [-0.2, 0) is 0 Å². The van der Waals surface area contributed by atoms with E-state index in [0.29, 0.717) is 22.1 Å². The molecule has 5 nitrogen and oxygen atoms in total. The van der Waals surface area contributed by atoms with Crippen LogP contribution in [0, 0.1) is 27.7 Å². The van der Waals surface area contributed by atoms with Gasteiger partial charge in [0.2, 0.25) is 0 Å². The van der Waals surface area contributed by atoms with Gasteiger partial charge >= 0.3 is 0 Å². The van der Waals surface area contributed by atoms with Gasteiger partial charge in [0.1, 0.15) is 0 Å². The van der Waals surface area contributed by atoms with Crippen molar-refractivity contribution < 1.29 is 4.79 Å². The molecule has 0 atom stereocenters. The summed E-state index contributed by atoms with van der Waals surface area (Å²) in [5.41, 5.74) is 5.57. The number of nitrogens with one attached hydrogen (secondary N) is 1. The minimum absolute atomic E-state index is 0.292. The second kappa shape index (κ2) is 6.69. The first-order valence-corrected chi connectivity index (χ1v) is 8.32. The minimum atomic E-state index is -0.306. The van der Waals surface area contributed by atoms with E-state index in [1.54, 1.807) is 16.8 Å². The van der Waals surface area contributed by atoms with Gasteiger partial charge in [0.15, 0.2) is 5.69 Å². The highest BCUT2D eigenvalue weighted by molar-refractivity contribution is 6.31. The zero-order valence-electron chi connectivity index (χ0n) is 14.6. The molecule has 3 rings (SSSR count). The maximum absolute atomic E-state index is 12.6. The van der Waals surface area contributed by atoms with Crippen molar-refractivity contribution in [3.05, 3.63) is 69.5 Å². The van der Waals surface area contributed by atoms with Crippen LogP contribution in [-0.4, -0.2) is 20.9 Å². The summed E-state index contributed by atoms with van der Waals surface area (Å²) >= 11 is 6.11. The molecule has 1 aromatic heterocycles. The number of anilines is 1. The van der Waals surface area contributed by atoms with Gasteiger partial charge in [0.05, 0.1) is 11.4 Å². The summed E-state index contributed by atoms with van der Waals surface area (Å²) in [5.74, 6) is -0.306. The van der Waals surface area contributed by atoms with Gasteiger partial charge in [-0.25, -0.2) is 4.68 Å². The number of halogens is 1. The SMILES string of the molecule is Cc1ccc(C)c(-n2nnc(C(=O)Nc3cccc(Cl)c3C)c2C)c1. The largest absolute Gasteiger partial charge is 0.320 e. The summed E-state index contributed by atoms with van der Waals surface area (Å²) in [6.07, 6.45) is 0.